The molecule has 0 aromatic heterocycles. The molecule has 0 spiro atoms. The predicted molar refractivity (Wildman–Crippen MR) is 71.7 cm³/mol. The highest BCUT2D eigenvalue weighted by Crippen LogP contribution is 2.27. The van der Waals surface area contributed by atoms with Gasteiger partial charge >= 0.3 is 0 Å². The number of hydrogen-bond donors (Lipinski definition) is 0. The van der Waals surface area contributed by atoms with Crippen LogP contribution in [0, 0.1) is 0 Å². The molecule has 2 atom stereocenters. The lowest BCUT2D eigenvalue weighted by molar-refractivity contribution is -0.00525. The fourth-order valence-electron chi connectivity index (χ4n) is 1.85. The molecule has 0 saturated heterocycles. The van der Waals surface area contributed by atoms with Gasteiger partial charge in [-0.3, -0.25) is 0 Å². The first kappa shape index (κ1) is 13.7. The van der Waals surface area contributed by atoms with E-state index in [0.717, 1.165) is 19.8 Å². The maximum Gasteiger partial charge on any atom is 0.0704 e. The van der Waals surface area contributed by atoms with E-state index in [1.807, 2.05) is 0 Å². The lowest BCUT2D eigenvalue weighted by atomic mass is 9.98. The third-order valence-electron chi connectivity index (χ3n) is 2.82. The van der Waals surface area contributed by atoms with Crippen molar-refractivity contribution in [1.29, 1.82) is 0 Å². The quantitative estimate of drug-likeness (QED) is 0.405. The summed E-state index contributed by atoms with van der Waals surface area (Å²) in [4.78, 5) is 0. The van der Waals surface area contributed by atoms with Gasteiger partial charge in [-0.25, -0.2) is 0 Å². The molecule has 1 saturated carbocycles. The zero-order valence-electron chi connectivity index (χ0n) is 9.71. The fraction of sp³-hybridized carbons (Fsp3) is 1.00. The van der Waals surface area contributed by atoms with Gasteiger partial charge in [0.25, 0.3) is 0 Å². The lowest BCUT2D eigenvalue weighted by Gasteiger charge is -2.27. The second-order valence-electron chi connectivity index (χ2n) is 4.18. The summed E-state index contributed by atoms with van der Waals surface area (Å²) in [5.41, 5.74) is 0. The van der Waals surface area contributed by atoms with E-state index in [2.05, 4.69) is 29.5 Å². The average molecular weight is 326 g/mol. The smallest absolute Gasteiger partial charge is 0.0704 e. The normalized spacial score (nSPS) is 26.8. The van der Waals surface area contributed by atoms with Crippen molar-refractivity contribution in [1.82, 2.24) is 0 Å². The fourth-order valence-corrected chi connectivity index (χ4v) is 2.85. The van der Waals surface area contributed by atoms with Crippen LogP contribution in [0.15, 0.2) is 0 Å². The summed E-state index contributed by atoms with van der Waals surface area (Å²) in [6.07, 6.45) is 8.12. The van der Waals surface area contributed by atoms with Gasteiger partial charge in [0.1, 0.15) is 0 Å². The van der Waals surface area contributed by atoms with E-state index in [9.17, 15) is 0 Å². The van der Waals surface area contributed by atoms with Crippen LogP contribution in [-0.4, -0.2) is 29.8 Å². The van der Waals surface area contributed by atoms with Crippen LogP contribution in [0.1, 0.15) is 45.4 Å². The molecule has 0 radical (unpaired) electrons. The number of hydrogen-bond acceptors (Lipinski definition) is 2. The monoisotopic (exact) mass is 326 g/mol. The molecule has 0 aliphatic heterocycles. The molecule has 1 fully saturated rings. The summed E-state index contributed by atoms with van der Waals surface area (Å²) in [5, 5.41) is 0. The molecule has 0 aromatic carbocycles. The van der Waals surface area contributed by atoms with Crippen molar-refractivity contribution >= 4 is 22.6 Å². The minimum Gasteiger partial charge on any atom is -0.379 e. The molecule has 15 heavy (non-hydrogen) atoms. The minimum atomic E-state index is 0.481. The van der Waals surface area contributed by atoms with Gasteiger partial charge in [-0.2, -0.15) is 0 Å². The van der Waals surface area contributed by atoms with Crippen molar-refractivity contribution in [2.45, 2.75) is 55.5 Å². The predicted octanol–water partition coefficient (Wildman–Crippen LogP) is 3.57. The van der Waals surface area contributed by atoms with Crippen molar-refractivity contribution in [2.75, 3.05) is 19.8 Å². The van der Waals surface area contributed by atoms with E-state index >= 15 is 0 Å². The van der Waals surface area contributed by atoms with Crippen LogP contribution in [0.4, 0.5) is 0 Å². The molecule has 1 rings (SSSR count). The van der Waals surface area contributed by atoms with Gasteiger partial charge in [0.15, 0.2) is 0 Å². The first-order valence-corrected chi connectivity index (χ1v) is 7.42. The Hall–Kier alpha value is 0.650. The van der Waals surface area contributed by atoms with E-state index in [-0.39, 0.29) is 0 Å². The summed E-state index contributed by atoms with van der Waals surface area (Å²) in [6, 6.07) is 0. The number of halogens is 1. The Balaban J connectivity index is 1.94. The van der Waals surface area contributed by atoms with E-state index < -0.39 is 0 Å². The molecular formula is C12H23IO2. The molecule has 90 valence electrons. The van der Waals surface area contributed by atoms with E-state index in [1.165, 1.54) is 38.5 Å². The Morgan fingerprint density at radius 1 is 1.13 bits per heavy atom. The number of rotatable bonds is 7. The topological polar surface area (TPSA) is 18.5 Å². The third kappa shape index (κ3) is 6.07. The number of unbranched alkanes of at least 4 members (excludes halogenated alkanes) is 1. The number of alkyl halides is 1. The second-order valence-corrected chi connectivity index (χ2v) is 5.78. The van der Waals surface area contributed by atoms with Gasteiger partial charge in [0, 0.05) is 10.5 Å². The molecule has 0 bridgehead atoms. The Morgan fingerprint density at radius 2 is 1.93 bits per heavy atom. The maximum atomic E-state index is 5.84. The van der Waals surface area contributed by atoms with E-state index in [0.29, 0.717) is 10.0 Å². The Labute approximate surface area is 107 Å². The highest BCUT2D eigenvalue weighted by molar-refractivity contribution is 14.1. The van der Waals surface area contributed by atoms with Crippen LogP contribution in [0.2, 0.25) is 0 Å². The molecule has 0 aromatic rings. The molecular weight excluding hydrogens is 303 g/mol. The van der Waals surface area contributed by atoms with Crippen molar-refractivity contribution in [3.63, 3.8) is 0 Å². The molecule has 0 amide bonds. The largest absolute Gasteiger partial charge is 0.379 e. The van der Waals surface area contributed by atoms with Crippen LogP contribution in [-0.2, 0) is 9.47 Å². The first-order chi connectivity index (χ1) is 7.34. The van der Waals surface area contributed by atoms with Gasteiger partial charge in [0.2, 0.25) is 0 Å². The SMILES string of the molecule is CCCCOCCOC1CCCCC1I. The molecule has 0 N–H and O–H groups in total. The zero-order valence-corrected chi connectivity index (χ0v) is 11.9. The van der Waals surface area contributed by atoms with Crippen LogP contribution < -0.4 is 0 Å². The van der Waals surface area contributed by atoms with E-state index in [4.69, 9.17) is 9.47 Å². The van der Waals surface area contributed by atoms with E-state index in [1.54, 1.807) is 0 Å². The third-order valence-corrected chi connectivity index (χ3v) is 4.25. The van der Waals surface area contributed by atoms with Crippen LogP contribution in [0.25, 0.3) is 0 Å². The van der Waals surface area contributed by atoms with Gasteiger partial charge in [-0.1, -0.05) is 48.8 Å². The number of ether oxygens (including phenoxy) is 2. The zero-order chi connectivity index (χ0) is 10.9. The molecule has 2 nitrogen and oxygen atoms in total. The molecule has 0 heterocycles. The summed E-state index contributed by atoms with van der Waals surface area (Å²) < 4.78 is 12.0. The first-order valence-electron chi connectivity index (χ1n) is 6.18. The highest BCUT2D eigenvalue weighted by atomic mass is 127. The van der Waals surface area contributed by atoms with Gasteiger partial charge in [0.05, 0.1) is 19.3 Å². The molecule has 1 aliphatic carbocycles. The Kier molecular flexibility index (Phi) is 8.01. The summed E-state index contributed by atoms with van der Waals surface area (Å²) in [7, 11) is 0. The minimum absolute atomic E-state index is 0.481. The van der Waals surface area contributed by atoms with Gasteiger partial charge in [-0.05, 0) is 19.3 Å². The molecule has 2 unspecified atom stereocenters. The second kappa shape index (κ2) is 8.76. The summed E-state index contributed by atoms with van der Waals surface area (Å²) >= 11 is 2.53. The van der Waals surface area contributed by atoms with Crippen LogP contribution >= 0.6 is 22.6 Å². The Morgan fingerprint density at radius 3 is 2.67 bits per heavy atom. The Bertz CT molecular complexity index is 153. The lowest BCUT2D eigenvalue weighted by Crippen LogP contribution is -2.29. The van der Waals surface area contributed by atoms with Gasteiger partial charge < -0.3 is 9.47 Å². The van der Waals surface area contributed by atoms with Crippen molar-refractivity contribution in [2.24, 2.45) is 0 Å². The molecule has 3 heteroatoms. The summed E-state index contributed by atoms with van der Waals surface area (Å²) in [5.74, 6) is 0. The maximum absolute atomic E-state index is 5.84. The van der Waals surface area contributed by atoms with Crippen LogP contribution in [0.5, 0.6) is 0 Å². The van der Waals surface area contributed by atoms with Crippen LogP contribution in [0.3, 0.4) is 0 Å². The van der Waals surface area contributed by atoms with Gasteiger partial charge in [-0.15, -0.1) is 0 Å². The standard InChI is InChI=1S/C12H23IO2/c1-2-3-8-14-9-10-15-12-7-5-4-6-11(12)13/h11-12H,2-10H2,1H3. The average Bonchev–Trinajstić information content (AvgIpc) is 2.25. The highest BCUT2D eigenvalue weighted by Gasteiger charge is 2.22. The van der Waals surface area contributed by atoms with Crippen molar-refractivity contribution < 1.29 is 9.47 Å². The molecule has 1 aliphatic rings. The van der Waals surface area contributed by atoms with Crippen molar-refractivity contribution in [3.8, 4) is 0 Å². The summed E-state index contributed by atoms with van der Waals surface area (Å²) in [6.45, 7) is 4.61. The van der Waals surface area contributed by atoms with Crippen molar-refractivity contribution in [3.05, 3.63) is 0 Å².